The first kappa shape index (κ1) is 18.1. The Morgan fingerprint density at radius 1 is 1.15 bits per heavy atom. The van der Waals surface area contributed by atoms with E-state index in [-0.39, 0.29) is 23.4 Å². The molecular weight excluding hydrogens is 353 g/mol. The van der Waals surface area contributed by atoms with Crippen molar-refractivity contribution in [3.8, 4) is 0 Å². The van der Waals surface area contributed by atoms with E-state index >= 15 is 0 Å². The van der Waals surface area contributed by atoms with Crippen LogP contribution in [0.2, 0.25) is 0 Å². The number of thioether (sulfide) groups is 1. The first-order chi connectivity index (χ1) is 12.6. The van der Waals surface area contributed by atoms with E-state index in [4.69, 9.17) is 4.42 Å². The van der Waals surface area contributed by atoms with Crippen molar-refractivity contribution in [2.45, 2.75) is 24.5 Å². The summed E-state index contributed by atoms with van der Waals surface area (Å²) in [6.07, 6.45) is 0.638. The Balaban J connectivity index is 1.49. The fraction of sp³-hybridized carbons (Fsp3) is 0.211. The predicted molar refractivity (Wildman–Crippen MR) is 98.6 cm³/mol. The van der Waals surface area contributed by atoms with Gasteiger partial charge in [-0.05, 0) is 35.7 Å². The van der Waals surface area contributed by atoms with Crippen LogP contribution >= 0.6 is 11.8 Å². The Morgan fingerprint density at radius 2 is 1.88 bits per heavy atom. The maximum absolute atomic E-state index is 12.9. The molecule has 1 atom stereocenters. The third-order valence-corrected chi connectivity index (χ3v) is 4.57. The number of halogens is 1. The summed E-state index contributed by atoms with van der Waals surface area (Å²) in [6.45, 7) is 2.10. The fourth-order valence-corrected chi connectivity index (χ4v) is 2.98. The molecule has 0 aliphatic rings. The summed E-state index contributed by atoms with van der Waals surface area (Å²) in [6, 6.07) is 15.7. The largest absolute Gasteiger partial charge is 0.416 e. The van der Waals surface area contributed by atoms with Gasteiger partial charge < -0.3 is 9.73 Å². The topological polar surface area (TPSA) is 68.0 Å². The number of hydrogen-bond donors (Lipinski definition) is 1. The van der Waals surface area contributed by atoms with Gasteiger partial charge >= 0.3 is 0 Å². The quantitative estimate of drug-likeness (QED) is 0.628. The molecule has 1 heterocycles. The lowest BCUT2D eigenvalue weighted by Gasteiger charge is -2.08. The third-order valence-electron chi connectivity index (χ3n) is 3.75. The van der Waals surface area contributed by atoms with E-state index in [0.717, 1.165) is 0 Å². The molecule has 0 fully saturated rings. The van der Waals surface area contributed by atoms with Crippen LogP contribution in [0.4, 0.5) is 10.1 Å². The molecule has 1 N–H and O–H groups in total. The van der Waals surface area contributed by atoms with Crippen molar-refractivity contribution < 1.29 is 13.6 Å². The summed E-state index contributed by atoms with van der Waals surface area (Å²) in [5.74, 6) is 0.367. The van der Waals surface area contributed by atoms with Crippen LogP contribution in [0.25, 0.3) is 0 Å². The molecule has 0 radical (unpaired) electrons. The molecule has 3 rings (SSSR count). The predicted octanol–water partition coefficient (Wildman–Crippen LogP) is 4.29. The molecule has 0 saturated carbocycles. The van der Waals surface area contributed by atoms with Gasteiger partial charge in [-0.3, -0.25) is 4.79 Å². The molecule has 0 aliphatic heterocycles. The monoisotopic (exact) mass is 371 g/mol. The number of amides is 1. The van der Waals surface area contributed by atoms with Crippen molar-refractivity contribution in [1.82, 2.24) is 10.2 Å². The molecule has 1 aromatic heterocycles. The van der Waals surface area contributed by atoms with Gasteiger partial charge in [-0.25, -0.2) is 4.39 Å². The number of aromatic nitrogens is 2. The molecule has 0 bridgehead atoms. The van der Waals surface area contributed by atoms with Gasteiger partial charge in [-0.1, -0.05) is 49.0 Å². The number of benzene rings is 2. The lowest BCUT2D eigenvalue weighted by atomic mass is 9.98. The average Bonchev–Trinajstić information content (AvgIpc) is 3.10. The number of nitrogens with zero attached hydrogens (tertiary/aromatic N) is 2. The summed E-state index contributed by atoms with van der Waals surface area (Å²) >= 11 is 1.17. The molecule has 1 unspecified atom stereocenters. The van der Waals surface area contributed by atoms with Crippen molar-refractivity contribution in [2.75, 3.05) is 11.1 Å². The lowest BCUT2D eigenvalue weighted by Crippen LogP contribution is -2.13. The summed E-state index contributed by atoms with van der Waals surface area (Å²) in [7, 11) is 0. The van der Waals surface area contributed by atoms with Gasteiger partial charge in [0.1, 0.15) is 5.82 Å². The second-order valence-electron chi connectivity index (χ2n) is 5.82. The molecule has 7 heteroatoms. The number of carbonyl (C=O) groups is 1. The fourth-order valence-electron chi connectivity index (χ4n) is 2.40. The van der Waals surface area contributed by atoms with Gasteiger partial charge in [0.25, 0.3) is 5.22 Å². The van der Waals surface area contributed by atoms with Gasteiger partial charge in [0.2, 0.25) is 11.8 Å². The van der Waals surface area contributed by atoms with Gasteiger partial charge in [0.15, 0.2) is 0 Å². The molecule has 3 aromatic rings. The Hall–Kier alpha value is -2.67. The van der Waals surface area contributed by atoms with E-state index < -0.39 is 0 Å². The Bertz CT molecular complexity index is 853. The highest BCUT2D eigenvalue weighted by Crippen LogP contribution is 2.22. The SMILES string of the molecule is CC(Cc1nnc(SCC(=O)Nc2ccc(F)cc2)o1)c1ccccc1. The maximum atomic E-state index is 12.9. The van der Waals surface area contributed by atoms with E-state index in [2.05, 4.69) is 34.6 Å². The average molecular weight is 371 g/mol. The zero-order valence-corrected chi connectivity index (χ0v) is 15.0. The van der Waals surface area contributed by atoms with E-state index in [0.29, 0.717) is 23.2 Å². The van der Waals surface area contributed by atoms with Crippen molar-refractivity contribution >= 4 is 23.4 Å². The number of carbonyl (C=O) groups excluding carboxylic acids is 1. The summed E-state index contributed by atoms with van der Waals surface area (Å²) in [5.41, 5.74) is 1.75. The van der Waals surface area contributed by atoms with Crippen LogP contribution in [-0.4, -0.2) is 21.9 Å². The van der Waals surface area contributed by atoms with E-state index in [9.17, 15) is 9.18 Å². The summed E-state index contributed by atoms with van der Waals surface area (Å²) < 4.78 is 18.5. The molecule has 0 spiro atoms. The highest BCUT2D eigenvalue weighted by Gasteiger charge is 2.13. The van der Waals surface area contributed by atoms with Gasteiger partial charge in [0, 0.05) is 12.1 Å². The molecule has 134 valence electrons. The molecule has 0 saturated heterocycles. The number of nitrogens with one attached hydrogen (secondary N) is 1. The minimum Gasteiger partial charge on any atom is -0.416 e. The van der Waals surface area contributed by atoms with Crippen molar-refractivity contribution in [3.05, 3.63) is 71.9 Å². The molecule has 5 nitrogen and oxygen atoms in total. The van der Waals surface area contributed by atoms with Gasteiger partial charge in [0.05, 0.1) is 5.75 Å². The van der Waals surface area contributed by atoms with E-state index in [1.165, 1.54) is 41.6 Å². The van der Waals surface area contributed by atoms with Gasteiger partial charge in [-0.15, -0.1) is 10.2 Å². The Labute approximate surface area is 155 Å². The zero-order valence-electron chi connectivity index (χ0n) is 14.2. The highest BCUT2D eigenvalue weighted by atomic mass is 32.2. The second kappa shape index (κ2) is 8.62. The van der Waals surface area contributed by atoms with Crippen LogP contribution in [0, 0.1) is 5.82 Å². The molecule has 2 aromatic carbocycles. The standard InChI is InChI=1S/C19H18FN3O2S/c1-13(14-5-3-2-4-6-14)11-18-22-23-19(25-18)26-12-17(24)21-16-9-7-15(20)8-10-16/h2-10,13H,11-12H2,1H3,(H,21,24). The highest BCUT2D eigenvalue weighted by molar-refractivity contribution is 7.99. The summed E-state index contributed by atoms with van der Waals surface area (Å²) in [5, 5.41) is 11.1. The van der Waals surface area contributed by atoms with Gasteiger partial charge in [-0.2, -0.15) is 0 Å². The Morgan fingerprint density at radius 3 is 2.62 bits per heavy atom. The minimum atomic E-state index is -0.347. The summed E-state index contributed by atoms with van der Waals surface area (Å²) in [4.78, 5) is 11.9. The minimum absolute atomic E-state index is 0.132. The van der Waals surface area contributed by atoms with Crippen molar-refractivity contribution in [1.29, 1.82) is 0 Å². The normalized spacial score (nSPS) is 11.9. The third kappa shape index (κ3) is 5.16. The van der Waals surface area contributed by atoms with E-state index in [1.54, 1.807) is 0 Å². The lowest BCUT2D eigenvalue weighted by molar-refractivity contribution is -0.113. The van der Waals surface area contributed by atoms with Crippen molar-refractivity contribution in [3.63, 3.8) is 0 Å². The van der Waals surface area contributed by atoms with Crippen LogP contribution in [0.5, 0.6) is 0 Å². The van der Waals surface area contributed by atoms with E-state index in [1.807, 2.05) is 18.2 Å². The van der Waals surface area contributed by atoms with Crippen LogP contribution in [0.15, 0.2) is 64.2 Å². The van der Waals surface area contributed by atoms with Crippen LogP contribution in [-0.2, 0) is 11.2 Å². The molecule has 0 aliphatic carbocycles. The molecular formula is C19H18FN3O2S. The maximum Gasteiger partial charge on any atom is 0.277 e. The number of anilines is 1. The van der Waals surface area contributed by atoms with Crippen LogP contribution in [0.3, 0.4) is 0 Å². The molecule has 1 amide bonds. The first-order valence-corrected chi connectivity index (χ1v) is 9.14. The Kier molecular flexibility index (Phi) is 6.01. The second-order valence-corrected chi connectivity index (χ2v) is 6.75. The number of hydrogen-bond acceptors (Lipinski definition) is 5. The van der Waals surface area contributed by atoms with Crippen LogP contribution in [0.1, 0.15) is 24.3 Å². The van der Waals surface area contributed by atoms with Crippen LogP contribution < -0.4 is 5.32 Å². The molecule has 26 heavy (non-hydrogen) atoms. The smallest absolute Gasteiger partial charge is 0.277 e. The first-order valence-electron chi connectivity index (χ1n) is 8.15. The zero-order chi connectivity index (χ0) is 18.4. The number of rotatable bonds is 7. The van der Waals surface area contributed by atoms with Crippen molar-refractivity contribution in [2.24, 2.45) is 0 Å².